The van der Waals surface area contributed by atoms with E-state index >= 15 is 0 Å². The summed E-state index contributed by atoms with van der Waals surface area (Å²) < 4.78 is 2.15. The van der Waals surface area contributed by atoms with Gasteiger partial charge in [-0.25, -0.2) is 4.57 Å². The third-order valence-corrected chi connectivity index (χ3v) is 2.95. The first kappa shape index (κ1) is 13.2. The fourth-order valence-corrected chi connectivity index (χ4v) is 1.94. The van der Waals surface area contributed by atoms with E-state index in [-0.39, 0.29) is 6.61 Å². The van der Waals surface area contributed by atoms with Gasteiger partial charge in [-0.1, -0.05) is 38.7 Å². The second-order valence-electron chi connectivity index (χ2n) is 4.31. The predicted octanol–water partition coefficient (Wildman–Crippen LogP) is 2.83. The normalized spacial score (nSPS) is 10.6. The van der Waals surface area contributed by atoms with E-state index in [1.165, 1.54) is 38.5 Å². The maximum Gasteiger partial charge on any atom is 0.206 e. The molecule has 1 N–H and O–H groups in total. The van der Waals surface area contributed by atoms with Gasteiger partial charge in [-0.2, -0.15) is 0 Å². The van der Waals surface area contributed by atoms with Gasteiger partial charge in [0, 0.05) is 18.6 Å². The van der Waals surface area contributed by atoms with E-state index in [2.05, 4.69) is 17.7 Å². The zero-order valence-corrected chi connectivity index (χ0v) is 10.4. The molecule has 0 spiro atoms. The summed E-state index contributed by atoms with van der Waals surface area (Å²) in [7, 11) is 0. The van der Waals surface area contributed by atoms with Gasteiger partial charge >= 0.3 is 0 Å². The van der Waals surface area contributed by atoms with Crippen molar-refractivity contribution in [3.63, 3.8) is 0 Å². The van der Waals surface area contributed by atoms with Crippen LogP contribution in [0.15, 0.2) is 24.4 Å². The van der Waals surface area contributed by atoms with Crippen molar-refractivity contribution in [1.29, 1.82) is 0 Å². The van der Waals surface area contributed by atoms with Crippen LogP contribution in [-0.4, -0.2) is 5.11 Å². The Morgan fingerprint density at radius 3 is 2.56 bits per heavy atom. The number of pyridine rings is 1. The molecule has 0 saturated carbocycles. The van der Waals surface area contributed by atoms with Crippen molar-refractivity contribution >= 4 is 0 Å². The lowest BCUT2D eigenvalue weighted by atomic mass is 10.1. The number of unbranched alkanes of at least 4 members (excludes halogenated alkanes) is 5. The number of aliphatic hydroxyl groups is 1. The van der Waals surface area contributed by atoms with E-state index in [9.17, 15) is 5.11 Å². The average molecular weight is 222 g/mol. The Hall–Kier alpha value is -0.890. The number of aryl methyl sites for hydroxylation is 1. The SMILES string of the molecule is CCCCCCCC[n+]1ccccc1CO. The zero-order chi connectivity index (χ0) is 11.6. The Kier molecular flexibility index (Phi) is 6.82. The third-order valence-electron chi connectivity index (χ3n) is 2.95. The van der Waals surface area contributed by atoms with Crippen LogP contribution in [0.1, 0.15) is 51.1 Å². The molecule has 1 aromatic heterocycles. The van der Waals surface area contributed by atoms with Crippen molar-refractivity contribution < 1.29 is 9.67 Å². The van der Waals surface area contributed by atoms with E-state index in [0.717, 1.165) is 12.2 Å². The van der Waals surface area contributed by atoms with Gasteiger partial charge in [0.1, 0.15) is 13.2 Å². The molecule has 1 rings (SSSR count). The fourth-order valence-electron chi connectivity index (χ4n) is 1.94. The van der Waals surface area contributed by atoms with E-state index < -0.39 is 0 Å². The summed E-state index contributed by atoms with van der Waals surface area (Å²) >= 11 is 0. The summed E-state index contributed by atoms with van der Waals surface area (Å²) in [4.78, 5) is 0. The number of aliphatic hydroxyl groups excluding tert-OH is 1. The highest BCUT2D eigenvalue weighted by Crippen LogP contribution is 2.05. The van der Waals surface area contributed by atoms with Gasteiger partial charge in [0.05, 0.1) is 0 Å². The van der Waals surface area contributed by atoms with Crippen LogP contribution in [0.5, 0.6) is 0 Å². The highest BCUT2D eigenvalue weighted by Gasteiger charge is 2.06. The molecule has 0 aliphatic carbocycles. The maximum absolute atomic E-state index is 9.17. The second-order valence-corrected chi connectivity index (χ2v) is 4.31. The third kappa shape index (κ3) is 4.75. The standard InChI is InChI=1S/C14H24NO/c1-2-3-4-5-6-8-11-15-12-9-7-10-14(15)13-16/h7,9-10,12,16H,2-6,8,11,13H2,1H3/q+1. The summed E-state index contributed by atoms with van der Waals surface area (Å²) in [6.07, 6.45) is 9.94. The lowest BCUT2D eigenvalue weighted by Crippen LogP contribution is -2.37. The summed E-state index contributed by atoms with van der Waals surface area (Å²) in [6.45, 7) is 3.41. The highest BCUT2D eigenvalue weighted by atomic mass is 16.3. The first-order valence-corrected chi connectivity index (χ1v) is 6.46. The Bertz CT molecular complexity index is 286. The minimum absolute atomic E-state index is 0.136. The van der Waals surface area contributed by atoms with Crippen molar-refractivity contribution in [3.8, 4) is 0 Å². The molecule has 0 bridgehead atoms. The Morgan fingerprint density at radius 1 is 1.06 bits per heavy atom. The number of hydrogen-bond donors (Lipinski definition) is 1. The van der Waals surface area contributed by atoms with Gasteiger partial charge in [-0.3, -0.25) is 0 Å². The van der Waals surface area contributed by atoms with Crippen molar-refractivity contribution in [3.05, 3.63) is 30.1 Å². The molecular weight excluding hydrogens is 198 g/mol. The number of aromatic nitrogens is 1. The first-order valence-electron chi connectivity index (χ1n) is 6.46. The molecule has 0 unspecified atom stereocenters. The van der Waals surface area contributed by atoms with Crippen LogP contribution in [0.3, 0.4) is 0 Å². The molecule has 90 valence electrons. The summed E-state index contributed by atoms with van der Waals surface area (Å²) in [6, 6.07) is 5.98. The highest BCUT2D eigenvalue weighted by molar-refractivity contribution is 4.95. The molecule has 0 aliphatic rings. The molecule has 0 saturated heterocycles. The maximum atomic E-state index is 9.17. The summed E-state index contributed by atoms with van der Waals surface area (Å²) in [5.74, 6) is 0. The van der Waals surface area contributed by atoms with Crippen LogP contribution >= 0.6 is 0 Å². The number of nitrogens with zero attached hydrogens (tertiary/aromatic N) is 1. The number of hydrogen-bond acceptors (Lipinski definition) is 1. The van der Waals surface area contributed by atoms with Crippen molar-refractivity contribution in [2.75, 3.05) is 0 Å². The lowest BCUT2D eigenvalue weighted by Gasteiger charge is -2.01. The van der Waals surface area contributed by atoms with Gasteiger partial charge in [0.2, 0.25) is 5.69 Å². The van der Waals surface area contributed by atoms with Crippen LogP contribution in [0, 0.1) is 0 Å². The topological polar surface area (TPSA) is 24.1 Å². The zero-order valence-electron chi connectivity index (χ0n) is 10.4. The molecule has 0 aliphatic heterocycles. The van der Waals surface area contributed by atoms with Gasteiger partial charge in [-0.15, -0.1) is 0 Å². The minimum atomic E-state index is 0.136. The van der Waals surface area contributed by atoms with Crippen LogP contribution in [0.4, 0.5) is 0 Å². The van der Waals surface area contributed by atoms with Gasteiger partial charge in [0.15, 0.2) is 6.20 Å². The van der Waals surface area contributed by atoms with Crippen molar-refractivity contribution in [1.82, 2.24) is 0 Å². The Morgan fingerprint density at radius 2 is 1.81 bits per heavy atom. The molecule has 0 aromatic carbocycles. The smallest absolute Gasteiger partial charge is 0.206 e. The molecule has 0 atom stereocenters. The molecule has 0 radical (unpaired) electrons. The monoisotopic (exact) mass is 222 g/mol. The van der Waals surface area contributed by atoms with E-state index in [1.54, 1.807) is 0 Å². The molecule has 16 heavy (non-hydrogen) atoms. The van der Waals surface area contributed by atoms with Gasteiger partial charge in [-0.05, 0) is 6.42 Å². The number of rotatable bonds is 8. The van der Waals surface area contributed by atoms with E-state index in [1.807, 2.05) is 18.2 Å². The molecule has 0 amide bonds. The molecule has 2 heteroatoms. The average Bonchev–Trinajstić information content (AvgIpc) is 2.34. The molecule has 0 fully saturated rings. The van der Waals surface area contributed by atoms with Crippen LogP contribution in [-0.2, 0) is 13.2 Å². The Balaban J connectivity index is 2.21. The fraction of sp³-hybridized carbons (Fsp3) is 0.643. The molecule has 1 heterocycles. The minimum Gasteiger partial charge on any atom is -0.385 e. The summed E-state index contributed by atoms with van der Waals surface area (Å²) in [5.41, 5.74) is 1.01. The van der Waals surface area contributed by atoms with Crippen molar-refractivity contribution in [2.24, 2.45) is 0 Å². The quantitative estimate of drug-likeness (QED) is 0.531. The molecule has 1 aromatic rings. The van der Waals surface area contributed by atoms with Crippen LogP contribution in [0.25, 0.3) is 0 Å². The first-order chi connectivity index (χ1) is 7.88. The summed E-state index contributed by atoms with van der Waals surface area (Å²) in [5, 5.41) is 9.17. The van der Waals surface area contributed by atoms with Crippen LogP contribution in [0.2, 0.25) is 0 Å². The predicted molar refractivity (Wildman–Crippen MR) is 65.9 cm³/mol. The molecular formula is C14H24NO+. The molecule has 2 nitrogen and oxygen atoms in total. The van der Waals surface area contributed by atoms with Gasteiger partial charge in [0.25, 0.3) is 0 Å². The van der Waals surface area contributed by atoms with Gasteiger partial charge < -0.3 is 5.11 Å². The lowest BCUT2D eigenvalue weighted by molar-refractivity contribution is -0.706. The van der Waals surface area contributed by atoms with Crippen molar-refractivity contribution in [2.45, 2.75) is 58.6 Å². The largest absolute Gasteiger partial charge is 0.385 e. The van der Waals surface area contributed by atoms with Crippen LogP contribution < -0.4 is 4.57 Å². The van der Waals surface area contributed by atoms with E-state index in [0.29, 0.717) is 0 Å². The Labute approximate surface area is 98.9 Å². The van der Waals surface area contributed by atoms with E-state index in [4.69, 9.17) is 0 Å². The second kappa shape index (κ2) is 8.28.